The Morgan fingerprint density at radius 2 is 1.47 bits per heavy atom. The number of halogens is 1. The van der Waals surface area contributed by atoms with Crippen molar-refractivity contribution in [3.63, 3.8) is 0 Å². The van der Waals surface area contributed by atoms with Crippen molar-refractivity contribution in [1.29, 1.82) is 0 Å². The lowest BCUT2D eigenvalue weighted by atomic mass is 9.84. The molecule has 0 atom stereocenters. The van der Waals surface area contributed by atoms with Crippen molar-refractivity contribution in [1.82, 2.24) is 0 Å². The molecule has 1 nitrogen and oxygen atoms in total. The molecule has 3 rings (SSSR count). The second-order valence-corrected chi connectivity index (χ2v) is 9.55. The first-order valence-corrected chi connectivity index (χ1v) is 13.5. The molecule has 2 aromatic carbocycles. The summed E-state index contributed by atoms with van der Waals surface area (Å²) >= 11 is 5.71. The van der Waals surface area contributed by atoms with Gasteiger partial charge in [-0.2, -0.15) is 0 Å². The number of benzene rings is 2. The highest BCUT2D eigenvalue weighted by Crippen LogP contribution is 2.35. The highest BCUT2D eigenvalue weighted by molar-refractivity contribution is 6.31. The van der Waals surface area contributed by atoms with E-state index in [4.69, 9.17) is 11.6 Å². The first-order chi connectivity index (χ1) is 17.4. The maximum absolute atomic E-state index is 5.71. The van der Waals surface area contributed by atoms with Crippen LogP contribution in [-0.4, -0.2) is 7.05 Å². The molecule has 0 saturated carbocycles. The molecule has 0 fully saturated rings. The fourth-order valence-corrected chi connectivity index (χ4v) is 4.55. The van der Waals surface area contributed by atoms with Crippen molar-refractivity contribution in [3.05, 3.63) is 118 Å². The lowest BCUT2D eigenvalue weighted by Gasteiger charge is -2.21. The molecule has 36 heavy (non-hydrogen) atoms. The average molecular weight is 504 g/mol. The molecule has 0 radical (unpaired) electrons. The topological polar surface area (TPSA) is 26.0 Å². The van der Waals surface area contributed by atoms with Gasteiger partial charge < -0.3 is 5.73 Å². The number of allylic oxidation sites excluding steroid dienone is 7. The van der Waals surface area contributed by atoms with E-state index in [0.717, 1.165) is 17.0 Å². The Morgan fingerprint density at radius 1 is 0.889 bits per heavy atom. The molecule has 0 aromatic heterocycles. The molecular weight excluding hydrogens is 458 g/mol. The molecule has 0 heterocycles. The molecular formula is C34H46ClN. The van der Waals surface area contributed by atoms with E-state index in [1.807, 2.05) is 37.3 Å². The normalized spacial score (nSPS) is 17.2. The van der Waals surface area contributed by atoms with Gasteiger partial charge in [-0.15, -0.1) is 0 Å². The predicted octanol–water partition coefficient (Wildman–Crippen LogP) is 10.5. The summed E-state index contributed by atoms with van der Waals surface area (Å²) in [5.74, 6) is 0. The molecule has 0 saturated heterocycles. The minimum atomic E-state index is 0.840. The van der Waals surface area contributed by atoms with Gasteiger partial charge in [0, 0.05) is 5.02 Å². The fraction of sp³-hybridized carbons (Fsp3) is 0.353. The van der Waals surface area contributed by atoms with Gasteiger partial charge in [0.25, 0.3) is 0 Å². The number of nitrogens with two attached hydrogens (primary N) is 1. The van der Waals surface area contributed by atoms with Gasteiger partial charge in [0.2, 0.25) is 0 Å². The lowest BCUT2D eigenvalue weighted by Crippen LogP contribution is -2.01. The number of hydrogen-bond donors (Lipinski definition) is 1. The predicted molar refractivity (Wildman–Crippen MR) is 164 cm³/mol. The van der Waals surface area contributed by atoms with Crippen LogP contribution in [0.2, 0.25) is 5.02 Å². The van der Waals surface area contributed by atoms with E-state index < -0.39 is 0 Å². The van der Waals surface area contributed by atoms with E-state index in [9.17, 15) is 0 Å². The van der Waals surface area contributed by atoms with E-state index in [2.05, 4.69) is 76.1 Å². The zero-order chi connectivity index (χ0) is 26.9. The van der Waals surface area contributed by atoms with Crippen molar-refractivity contribution in [2.24, 2.45) is 5.73 Å². The van der Waals surface area contributed by atoms with E-state index in [-0.39, 0.29) is 0 Å². The minimum Gasteiger partial charge on any atom is -0.333 e. The zero-order valence-electron chi connectivity index (χ0n) is 23.2. The molecule has 1 aliphatic rings. The molecule has 2 heteroatoms. The van der Waals surface area contributed by atoms with Gasteiger partial charge in [-0.1, -0.05) is 110 Å². The Balaban J connectivity index is 0.000000543. The van der Waals surface area contributed by atoms with E-state index in [1.165, 1.54) is 84.6 Å². The Bertz CT molecular complexity index is 1030. The molecule has 0 amide bonds. The summed E-state index contributed by atoms with van der Waals surface area (Å²) in [5.41, 5.74) is 14.8. The second-order valence-electron chi connectivity index (χ2n) is 9.14. The molecule has 194 valence electrons. The third-order valence-electron chi connectivity index (χ3n) is 6.47. The SMILES string of the molecule is C=CC(/C1=C(\C)CCCCCCCC1=C)=C(/C)c1ccc(/C=C\C)cc1.CN.Cc1ccccc1Cl. The summed E-state index contributed by atoms with van der Waals surface area (Å²) in [7, 11) is 1.50. The van der Waals surface area contributed by atoms with Crippen LogP contribution in [0.15, 0.2) is 96.1 Å². The Morgan fingerprint density at radius 3 is 2.00 bits per heavy atom. The number of rotatable bonds is 4. The van der Waals surface area contributed by atoms with Crippen LogP contribution in [0.4, 0.5) is 0 Å². The lowest BCUT2D eigenvalue weighted by molar-refractivity contribution is 0.604. The maximum atomic E-state index is 5.71. The molecule has 0 aliphatic heterocycles. The molecule has 0 spiro atoms. The molecule has 1 aliphatic carbocycles. The highest BCUT2D eigenvalue weighted by Gasteiger charge is 2.15. The van der Waals surface area contributed by atoms with Crippen LogP contribution in [0.25, 0.3) is 11.6 Å². The van der Waals surface area contributed by atoms with Crippen LogP contribution >= 0.6 is 11.6 Å². The molecule has 0 bridgehead atoms. The van der Waals surface area contributed by atoms with Gasteiger partial charge in [-0.05, 0) is 105 Å². The number of hydrogen-bond acceptors (Lipinski definition) is 1. The van der Waals surface area contributed by atoms with E-state index in [0.29, 0.717) is 0 Å². The molecule has 0 unspecified atom stereocenters. The zero-order valence-corrected chi connectivity index (χ0v) is 23.9. The van der Waals surface area contributed by atoms with Gasteiger partial charge >= 0.3 is 0 Å². The van der Waals surface area contributed by atoms with Crippen molar-refractivity contribution in [2.45, 2.75) is 72.6 Å². The van der Waals surface area contributed by atoms with Crippen LogP contribution in [0.3, 0.4) is 0 Å². The van der Waals surface area contributed by atoms with Crippen molar-refractivity contribution < 1.29 is 0 Å². The highest BCUT2D eigenvalue weighted by atomic mass is 35.5. The monoisotopic (exact) mass is 503 g/mol. The van der Waals surface area contributed by atoms with Crippen LogP contribution in [0.5, 0.6) is 0 Å². The van der Waals surface area contributed by atoms with Crippen LogP contribution in [0, 0.1) is 6.92 Å². The van der Waals surface area contributed by atoms with E-state index >= 15 is 0 Å². The summed E-state index contributed by atoms with van der Waals surface area (Å²) in [4.78, 5) is 0. The molecule has 2 N–H and O–H groups in total. The van der Waals surface area contributed by atoms with E-state index in [1.54, 1.807) is 0 Å². The van der Waals surface area contributed by atoms with Gasteiger partial charge in [-0.3, -0.25) is 0 Å². The summed E-state index contributed by atoms with van der Waals surface area (Å²) in [5, 5.41) is 0.840. The third-order valence-corrected chi connectivity index (χ3v) is 6.89. The summed E-state index contributed by atoms with van der Waals surface area (Å²) in [6.07, 6.45) is 15.1. The summed E-state index contributed by atoms with van der Waals surface area (Å²) in [6.45, 7) is 17.1. The van der Waals surface area contributed by atoms with Crippen molar-refractivity contribution in [2.75, 3.05) is 7.05 Å². The standard InChI is InChI=1S/C26H34.C7H7Cl.CH5N/c1-6-13-23-16-18-24(19-17-23)22(5)25(7-2)26-20(3)14-11-9-8-10-12-15-21(26)4;1-6-4-2-3-5-7(6)8;1-2/h6-7,13,16-19H,2-3,8-12,14-15H2,1,4-5H3;2-5H,1H3;2H2,1H3/b13-6-,25-22+,26-21+;;. The maximum Gasteiger partial charge on any atom is 0.0435 e. The Labute approximate surface area is 226 Å². The van der Waals surface area contributed by atoms with Crippen LogP contribution in [0.1, 0.15) is 82.4 Å². The van der Waals surface area contributed by atoms with Gasteiger partial charge in [-0.25, -0.2) is 0 Å². The van der Waals surface area contributed by atoms with Crippen molar-refractivity contribution in [3.8, 4) is 0 Å². The van der Waals surface area contributed by atoms with Gasteiger partial charge in [0.05, 0.1) is 0 Å². The largest absolute Gasteiger partial charge is 0.333 e. The quantitative estimate of drug-likeness (QED) is 0.412. The van der Waals surface area contributed by atoms with Crippen LogP contribution in [-0.2, 0) is 0 Å². The minimum absolute atomic E-state index is 0.840. The first kappa shape index (κ1) is 31.4. The average Bonchev–Trinajstić information content (AvgIpc) is 2.89. The Hall–Kier alpha value is -2.61. The second kappa shape index (κ2) is 17.8. The third kappa shape index (κ3) is 10.2. The fourth-order valence-electron chi connectivity index (χ4n) is 4.42. The van der Waals surface area contributed by atoms with Crippen molar-refractivity contribution >= 4 is 23.3 Å². The number of aryl methyl sites for hydroxylation is 1. The van der Waals surface area contributed by atoms with Crippen LogP contribution < -0.4 is 5.73 Å². The molecule has 2 aromatic rings. The smallest absolute Gasteiger partial charge is 0.0435 e. The Kier molecular flexibility index (Phi) is 15.5. The first-order valence-electron chi connectivity index (χ1n) is 13.1. The summed E-state index contributed by atoms with van der Waals surface area (Å²) in [6, 6.07) is 16.6. The summed E-state index contributed by atoms with van der Waals surface area (Å²) < 4.78 is 0. The van der Waals surface area contributed by atoms with Gasteiger partial charge in [0.15, 0.2) is 0 Å². The van der Waals surface area contributed by atoms with Gasteiger partial charge in [0.1, 0.15) is 0 Å².